The molecule has 1 aromatic rings. The summed E-state index contributed by atoms with van der Waals surface area (Å²) in [5.74, 6) is 0.562. The third-order valence-corrected chi connectivity index (χ3v) is 4.33. The number of likely N-dealkylation sites (N-methyl/N-ethyl adjacent to an activating group) is 2. The third kappa shape index (κ3) is 11.1. The minimum atomic E-state index is -0.466. The number of amides is 1. The van der Waals surface area contributed by atoms with Crippen LogP contribution in [0.1, 0.15) is 13.3 Å². The Hall–Kier alpha value is -2.61. The minimum Gasteiger partial charge on any atom is -0.461 e. The molecule has 0 aromatic carbocycles. The zero-order valence-corrected chi connectivity index (χ0v) is 19.3. The molecule has 0 bridgehead atoms. The molecule has 0 radical (unpaired) electrons. The molecule has 1 fully saturated rings. The van der Waals surface area contributed by atoms with Gasteiger partial charge in [0.25, 0.3) is 0 Å². The number of hydrogen-bond acceptors (Lipinski definition) is 12. The number of nitrogens with zero attached hydrogens (tertiary/aromatic N) is 6. The second kappa shape index (κ2) is 15.2. The number of rotatable bonds is 12. The molecule has 0 saturated carbocycles. The summed E-state index contributed by atoms with van der Waals surface area (Å²) < 4.78 is 10.9. The topological polar surface area (TPSA) is 179 Å². The predicted molar refractivity (Wildman–Crippen MR) is 122 cm³/mol. The van der Waals surface area contributed by atoms with Crippen molar-refractivity contribution >= 4 is 23.6 Å². The van der Waals surface area contributed by atoms with Crippen LogP contribution in [0.5, 0.6) is 6.01 Å². The SMILES string of the molecule is CC(=O)CCN.CN1CCN(c2nc(OCCOCCN)nc(N(C)CC(N)=O)n2)CC1. The van der Waals surface area contributed by atoms with Crippen LogP contribution in [0.4, 0.5) is 11.9 Å². The van der Waals surface area contributed by atoms with Gasteiger partial charge in [0.2, 0.25) is 17.8 Å². The predicted octanol–water partition coefficient (Wildman–Crippen LogP) is -2.18. The summed E-state index contributed by atoms with van der Waals surface area (Å²) in [6, 6.07) is 0.191. The van der Waals surface area contributed by atoms with Gasteiger partial charge in [-0.15, -0.1) is 0 Å². The Morgan fingerprint density at radius 2 is 1.72 bits per heavy atom. The fourth-order valence-electron chi connectivity index (χ4n) is 2.60. The molecule has 2 heterocycles. The molecule has 0 spiro atoms. The van der Waals surface area contributed by atoms with E-state index >= 15 is 0 Å². The first-order chi connectivity index (χ1) is 15.3. The van der Waals surface area contributed by atoms with E-state index in [0.29, 0.717) is 51.2 Å². The molecular formula is C19H37N9O4. The molecule has 2 rings (SSSR count). The maximum Gasteiger partial charge on any atom is 0.323 e. The van der Waals surface area contributed by atoms with Crippen molar-refractivity contribution in [3.8, 4) is 6.01 Å². The first-order valence-corrected chi connectivity index (χ1v) is 10.6. The first-order valence-electron chi connectivity index (χ1n) is 10.6. The number of ketones is 1. The van der Waals surface area contributed by atoms with Crippen LogP contribution in [0.2, 0.25) is 0 Å². The molecule has 13 heteroatoms. The van der Waals surface area contributed by atoms with Crippen molar-refractivity contribution in [1.82, 2.24) is 19.9 Å². The van der Waals surface area contributed by atoms with Gasteiger partial charge in [-0.3, -0.25) is 9.59 Å². The van der Waals surface area contributed by atoms with Gasteiger partial charge >= 0.3 is 6.01 Å². The van der Waals surface area contributed by atoms with Gasteiger partial charge in [0.05, 0.1) is 19.8 Å². The largest absolute Gasteiger partial charge is 0.461 e. The number of carbonyl (C=O) groups is 2. The lowest BCUT2D eigenvalue weighted by Gasteiger charge is -2.32. The summed E-state index contributed by atoms with van der Waals surface area (Å²) >= 11 is 0. The highest BCUT2D eigenvalue weighted by Gasteiger charge is 2.20. The van der Waals surface area contributed by atoms with Crippen LogP contribution in [0.15, 0.2) is 0 Å². The second-order valence-corrected chi connectivity index (χ2v) is 7.32. The lowest BCUT2D eigenvalue weighted by molar-refractivity contribution is -0.117. The van der Waals surface area contributed by atoms with Crippen molar-refractivity contribution in [1.29, 1.82) is 0 Å². The van der Waals surface area contributed by atoms with E-state index in [0.717, 1.165) is 26.2 Å². The van der Waals surface area contributed by atoms with Crippen LogP contribution in [0.25, 0.3) is 0 Å². The molecule has 0 atom stereocenters. The van der Waals surface area contributed by atoms with Gasteiger partial charge in [0.1, 0.15) is 12.4 Å². The molecule has 1 aromatic heterocycles. The van der Waals surface area contributed by atoms with Gasteiger partial charge < -0.3 is 41.4 Å². The lowest BCUT2D eigenvalue weighted by atomic mass is 10.3. The van der Waals surface area contributed by atoms with Gasteiger partial charge in [-0.1, -0.05) is 0 Å². The number of aromatic nitrogens is 3. The number of carbonyl (C=O) groups excluding carboxylic acids is 2. The Balaban J connectivity index is 0.000000751. The van der Waals surface area contributed by atoms with Crippen molar-refractivity contribution < 1.29 is 19.1 Å². The van der Waals surface area contributed by atoms with Crippen molar-refractivity contribution in [3.63, 3.8) is 0 Å². The monoisotopic (exact) mass is 455 g/mol. The minimum absolute atomic E-state index is 0.00520. The van der Waals surface area contributed by atoms with Crippen molar-refractivity contribution in [3.05, 3.63) is 0 Å². The molecule has 32 heavy (non-hydrogen) atoms. The maximum absolute atomic E-state index is 11.2. The fourth-order valence-corrected chi connectivity index (χ4v) is 2.60. The first kappa shape index (κ1) is 27.4. The van der Waals surface area contributed by atoms with E-state index in [9.17, 15) is 9.59 Å². The smallest absolute Gasteiger partial charge is 0.323 e. The summed E-state index contributed by atoms with van der Waals surface area (Å²) in [5, 5.41) is 0. The second-order valence-electron chi connectivity index (χ2n) is 7.32. The Morgan fingerprint density at radius 3 is 2.25 bits per heavy atom. The molecule has 6 N–H and O–H groups in total. The standard InChI is InChI=1S/C15H28N8O3.C4H9NO/c1-21-4-6-23(7-5-21)14-18-13(22(2)11-12(17)24)19-15(20-14)26-10-9-25-8-3-16;1-4(6)2-3-5/h3-11,16H2,1-2H3,(H2,17,24);2-3,5H2,1H3. The van der Waals surface area contributed by atoms with Crippen LogP contribution in [-0.4, -0.2) is 111 Å². The Kier molecular flexibility index (Phi) is 13.1. The highest BCUT2D eigenvalue weighted by Crippen LogP contribution is 2.18. The quantitative estimate of drug-likeness (QED) is 0.291. The van der Waals surface area contributed by atoms with E-state index in [-0.39, 0.29) is 18.3 Å². The molecule has 1 aliphatic heterocycles. The van der Waals surface area contributed by atoms with Crippen LogP contribution in [0.3, 0.4) is 0 Å². The van der Waals surface area contributed by atoms with E-state index in [1.807, 2.05) is 0 Å². The van der Waals surface area contributed by atoms with Crippen LogP contribution in [0, 0.1) is 0 Å². The zero-order chi connectivity index (χ0) is 23.9. The number of anilines is 2. The van der Waals surface area contributed by atoms with Gasteiger partial charge in [-0.05, 0) is 20.5 Å². The molecule has 1 saturated heterocycles. The summed E-state index contributed by atoms with van der Waals surface area (Å²) in [6.07, 6.45) is 0.514. The molecule has 13 nitrogen and oxygen atoms in total. The highest BCUT2D eigenvalue weighted by atomic mass is 16.5. The third-order valence-electron chi connectivity index (χ3n) is 4.33. The van der Waals surface area contributed by atoms with Crippen molar-refractivity contribution in [2.24, 2.45) is 17.2 Å². The molecular weight excluding hydrogens is 418 g/mol. The Labute approximate surface area is 189 Å². The molecule has 1 aliphatic rings. The summed E-state index contributed by atoms with van der Waals surface area (Å²) in [4.78, 5) is 40.2. The summed E-state index contributed by atoms with van der Waals surface area (Å²) in [5.41, 5.74) is 15.7. The van der Waals surface area contributed by atoms with E-state index in [1.54, 1.807) is 11.9 Å². The zero-order valence-electron chi connectivity index (χ0n) is 19.3. The van der Waals surface area contributed by atoms with Crippen LogP contribution in [-0.2, 0) is 14.3 Å². The molecule has 0 unspecified atom stereocenters. The number of hydrogen-bond donors (Lipinski definition) is 3. The van der Waals surface area contributed by atoms with Crippen molar-refractivity contribution in [2.75, 3.05) is 89.5 Å². The van der Waals surface area contributed by atoms with Gasteiger partial charge in [-0.2, -0.15) is 15.0 Å². The van der Waals surface area contributed by atoms with Crippen LogP contribution >= 0.6 is 0 Å². The van der Waals surface area contributed by atoms with E-state index in [4.69, 9.17) is 26.7 Å². The van der Waals surface area contributed by atoms with Gasteiger partial charge in [-0.25, -0.2) is 0 Å². The number of piperazine rings is 1. The maximum atomic E-state index is 11.2. The van der Waals surface area contributed by atoms with E-state index in [1.165, 1.54) is 6.92 Å². The van der Waals surface area contributed by atoms with E-state index < -0.39 is 5.91 Å². The number of primary amides is 1. The highest BCUT2D eigenvalue weighted by molar-refractivity contribution is 5.78. The number of nitrogens with two attached hydrogens (primary N) is 3. The molecule has 0 aliphatic carbocycles. The normalized spacial score (nSPS) is 13.8. The van der Waals surface area contributed by atoms with Gasteiger partial charge in [0, 0.05) is 46.2 Å². The summed E-state index contributed by atoms with van der Waals surface area (Å²) in [7, 11) is 3.77. The number of ether oxygens (including phenoxy) is 2. The molecule has 1 amide bonds. The van der Waals surface area contributed by atoms with E-state index in [2.05, 4.69) is 31.8 Å². The fraction of sp³-hybridized carbons (Fsp3) is 0.737. The van der Waals surface area contributed by atoms with Crippen molar-refractivity contribution in [2.45, 2.75) is 13.3 Å². The number of Topliss-reactive ketones (excluding diaryl/α,β-unsaturated/α-hetero) is 1. The van der Waals surface area contributed by atoms with Crippen LogP contribution < -0.4 is 31.7 Å². The average Bonchev–Trinajstić information content (AvgIpc) is 2.74. The molecule has 182 valence electrons. The average molecular weight is 456 g/mol. The summed E-state index contributed by atoms with van der Waals surface area (Å²) in [6.45, 7) is 7.08. The Bertz CT molecular complexity index is 699. The Morgan fingerprint density at radius 1 is 1.03 bits per heavy atom. The lowest BCUT2D eigenvalue weighted by Crippen LogP contribution is -2.45. The van der Waals surface area contributed by atoms with Gasteiger partial charge in [0.15, 0.2) is 0 Å².